The third kappa shape index (κ3) is 3.57. The maximum Gasteiger partial charge on any atom is 0.122 e. The lowest BCUT2D eigenvalue weighted by atomic mass is 10.0. The molecular weight excluding hydrogens is 212 g/mol. The Morgan fingerprint density at radius 1 is 1.59 bits per heavy atom. The number of nitrogens with zero attached hydrogens (tertiary/aromatic N) is 3. The predicted molar refractivity (Wildman–Crippen MR) is 68.6 cm³/mol. The van der Waals surface area contributed by atoms with Crippen LogP contribution in [0.5, 0.6) is 0 Å². The molecule has 1 unspecified atom stereocenters. The Labute approximate surface area is 104 Å². The molecule has 0 aromatic carbocycles. The molecule has 1 rings (SSSR count). The van der Waals surface area contributed by atoms with Crippen molar-refractivity contribution in [2.75, 3.05) is 6.54 Å². The van der Waals surface area contributed by atoms with Crippen molar-refractivity contribution in [2.45, 2.75) is 52.1 Å². The molecular formula is C13H22N4. The standard InChI is InChI=1S/C13H22N4/c1-5-6-16-13(4,9-14)10-17-8-7-15-12(17)11(2)3/h7-8,11,16H,5-6,10H2,1-4H3. The summed E-state index contributed by atoms with van der Waals surface area (Å²) in [4.78, 5) is 4.34. The van der Waals surface area contributed by atoms with E-state index in [2.05, 4.69) is 41.7 Å². The molecule has 1 atom stereocenters. The lowest BCUT2D eigenvalue weighted by Gasteiger charge is -2.25. The molecule has 4 heteroatoms. The van der Waals surface area contributed by atoms with Gasteiger partial charge in [0.05, 0.1) is 12.6 Å². The Kier molecular flexibility index (Phi) is 4.71. The van der Waals surface area contributed by atoms with Crippen LogP contribution in [-0.2, 0) is 6.54 Å². The van der Waals surface area contributed by atoms with Gasteiger partial charge >= 0.3 is 0 Å². The van der Waals surface area contributed by atoms with E-state index in [1.54, 1.807) is 6.20 Å². The van der Waals surface area contributed by atoms with E-state index in [4.69, 9.17) is 0 Å². The highest BCUT2D eigenvalue weighted by atomic mass is 15.1. The molecule has 0 aliphatic heterocycles. The van der Waals surface area contributed by atoms with Gasteiger partial charge in [-0.3, -0.25) is 5.32 Å². The summed E-state index contributed by atoms with van der Waals surface area (Å²) in [5.74, 6) is 1.41. The van der Waals surface area contributed by atoms with Gasteiger partial charge in [0, 0.05) is 18.3 Å². The maximum absolute atomic E-state index is 9.29. The van der Waals surface area contributed by atoms with Gasteiger partial charge in [-0.2, -0.15) is 5.26 Å². The summed E-state index contributed by atoms with van der Waals surface area (Å²) < 4.78 is 2.07. The Balaban J connectivity index is 2.80. The fourth-order valence-corrected chi connectivity index (χ4v) is 1.83. The van der Waals surface area contributed by atoms with Gasteiger partial charge in [0.1, 0.15) is 11.4 Å². The molecule has 0 fully saturated rings. The smallest absolute Gasteiger partial charge is 0.122 e. The summed E-state index contributed by atoms with van der Waals surface area (Å²) in [5, 5.41) is 12.6. The van der Waals surface area contributed by atoms with Gasteiger partial charge < -0.3 is 4.57 Å². The van der Waals surface area contributed by atoms with Gasteiger partial charge in [0.2, 0.25) is 0 Å². The van der Waals surface area contributed by atoms with Crippen LogP contribution < -0.4 is 5.32 Å². The van der Waals surface area contributed by atoms with E-state index in [9.17, 15) is 5.26 Å². The number of imidazole rings is 1. The van der Waals surface area contributed by atoms with Crippen LogP contribution >= 0.6 is 0 Å². The number of nitriles is 1. The van der Waals surface area contributed by atoms with Crippen molar-refractivity contribution in [3.05, 3.63) is 18.2 Å². The normalized spacial score (nSPS) is 14.6. The first-order valence-corrected chi connectivity index (χ1v) is 6.19. The molecule has 0 saturated heterocycles. The second-order valence-electron chi connectivity index (χ2n) is 4.94. The molecule has 0 amide bonds. The van der Waals surface area contributed by atoms with Crippen LogP contribution in [-0.4, -0.2) is 21.6 Å². The van der Waals surface area contributed by atoms with E-state index >= 15 is 0 Å². The third-order valence-electron chi connectivity index (χ3n) is 2.76. The molecule has 0 radical (unpaired) electrons. The quantitative estimate of drug-likeness (QED) is 0.821. The summed E-state index contributed by atoms with van der Waals surface area (Å²) in [5.41, 5.74) is -0.527. The van der Waals surface area contributed by atoms with E-state index in [-0.39, 0.29) is 0 Å². The molecule has 17 heavy (non-hydrogen) atoms. The summed E-state index contributed by atoms with van der Waals surface area (Å²) in [6.07, 6.45) is 4.77. The van der Waals surface area contributed by atoms with Gasteiger partial charge in [0.25, 0.3) is 0 Å². The monoisotopic (exact) mass is 234 g/mol. The third-order valence-corrected chi connectivity index (χ3v) is 2.76. The Hall–Kier alpha value is -1.34. The van der Waals surface area contributed by atoms with Crippen LogP contribution in [0.2, 0.25) is 0 Å². The topological polar surface area (TPSA) is 53.6 Å². The van der Waals surface area contributed by atoms with Crippen molar-refractivity contribution < 1.29 is 0 Å². The van der Waals surface area contributed by atoms with E-state index in [0.717, 1.165) is 18.8 Å². The highest BCUT2D eigenvalue weighted by molar-refractivity contribution is 5.07. The fourth-order valence-electron chi connectivity index (χ4n) is 1.83. The van der Waals surface area contributed by atoms with E-state index < -0.39 is 5.54 Å². The predicted octanol–water partition coefficient (Wildman–Crippen LogP) is 2.29. The Bertz CT molecular complexity index is 388. The lowest BCUT2D eigenvalue weighted by Crippen LogP contribution is -2.45. The van der Waals surface area contributed by atoms with Crippen molar-refractivity contribution >= 4 is 0 Å². The fraction of sp³-hybridized carbons (Fsp3) is 0.692. The van der Waals surface area contributed by atoms with Gasteiger partial charge in [-0.25, -0.2) is 4.98 Å². The first-order valence-electron chi connectivity index (χ1n) is 6.19. The minimum Gasteiger partial charge on any atom is -0.332 e. The molecule has 1 heterocycles. The zero-order chi connectivity index (χ0) is 12.9. The SMILES string of the molecule is CCCNC(C)(C#N)Cn1ccnc1C(C)C. The van der Waals surface area contributed by atoms with Crippen LogP contribution in [0.1, 0.15) is 45.9 Å². The zero-order valence-corrected chi connectivity index (χ0v) is 11.2. The summed E-state index contributed by atoms with van der Waals surface area (Å²) in [6.45, 7) is 9.76. The van der Waals surface area contributed by atoms with Crippen molar-refractivity contribution in [3.63, 3.8) is 0 Å². The van der Waals surface area contributed by atoms with Crippen molar-refractivity contribution in [1.82, 2.24) is 14.9 Å². The minimum absolute atomic E-state index is 0.374. The van der Waals surface area contributed by atoms with Crippen molar-refractivity contribution in [2.24, 2.45) is 0 Å². The molecule has 4 nitrogen and oxygen atoms in total. The summed E-state index contributed by atoms with van der Waals surface area (Å²) in [6, 6.07) is 2.36. The van der Waals surface area contributed by atoms with Gasteiger partial charge in [-0.05, 0) is 19.9 Å². The summed E-state index contributed by atoms with van der Waals surface area (Å²) in [7, 11) is 0. The maximum atomic E-state index is 9.29. The van der Waals surface area contributed by atoms with Crippen LogP contribution in [0.3, 0.4) is 0 Å². The number of aromatic nitrogens is 2. The Morgan fingerprint density at radius 3 is 2.82 bits per heavy atom. The molecule has 1 aromatic rings. The van der Waals surface area contributed by atoms with Crippen LogP contribution in [0.4, 0.5) is 0 Å². The number of rotatable bonds is 6. The highest BCUT2D eigenvalue weighted by Gasteiger charge is 2.24. The average molecular weight is 234 g/mol. The molecule has 0 saturated carbocycles. The van der Waals surface area contributed by atoms with E-state index in [0.29, 0.717) is 12.5 Å². The molecule has 0 spiro atoms. The molecule has 1 aromatic heterocycles. The second-order valence-corrected chi connectivity index (χ2v) is 4.94. The lowest BCUT2D eigenvalue weighted by molar-refractivity contribution is 0.380. The van der Waals surface area contributed by atoms with Crippen LogP contribution in [0, 0.1) is 11.3 Å². The van der Waals surface area contributed by atoms with Gasteiger partial charge in [0.15, 0.2) is 0 Å². The molecule has 0 aliphatic carbocycles. The van der Waals surface area contributed by atoms with Crippen LogP contribution in [0.25, 0.3) is 0 Å². The van der Waals surface area contributed by atoms with E-state index in [1.165, 1.54) is 0 Å². The number of nitrogens with one attached hydrogen (secondary N) is 1. The van der Waals surface area contributed by atoms with Crippen molar-refractivity contribution in [1.29, 1.82) is 5.26 Å². The largest absolute Gasteiger partial charge is 0.332 e. The first kappa shape index (κ1) is 13.7. The number of hydrogen-bond donors (Lipinski definition) is 1. The minimum atomic E-state index is -0.527. The van der Waals surface area contributed by atoms with Crippen molar-refractivity contribution in [3.8, 4) is 6.07 Å². The highest BCUT2D eigenvalue weighted by Crippen LogP contribution is 2.15. The molecule has 0 aliphatic rings. The molecule has 0 bridgehead atoms. The molecule has 94 valence electrons. The van der Waals surface area contributed by atoms with Gasteiger partial charge in [-0.1, -0.05) is 20.8 Å². The zero-order valence-electron chi connectivity index (χ0n) is 11.2. The summed E-state index contributed by atoms with van der Waals surface area (Å²) >= 11 is 0. The van der Waals surface area contributed by atoms with Crippen LogP contribution in [0.15, 0.2) is 12.4 Å². The van der Waals surface area contributed by atoms with E-state index in [1.807, 2.05) is 13.1 Å². The average Bonchev–Trinajstić information content (AvgIpc) is 2.74. The van der Waals surface area contributed by atoms with Gasteiger partial charge in [-0.15, -0.1) is 0 Å². The number of hydrogen-bond acceptors (Lipinski definition) is 3. The Morgan fingerprint density at radius 2 is 2.29 bits per heavy atom. The molecule has 1 N–H and O–H groups in total. The first-order chi connectivity index (χ1) is 8.02. The second kappa shape index (κ2) is 5.83.